The van der Waals surface area contributed by atoms with Crippen molar-refractivity contribution in [2.75, 3.05) is 6.61 Å². The molecule has 0 radical (unpaired) electrons. The molecule has 0 rings (SSSR count). The number of ether oxygens (including phenoxy) is 1. The summed E-state index contributed by atoms with van der Waals surface area (Å²) in [6.45, 7) is 1.37. The fourth-order valence-corrected chi connectivity index (χ4v) is 0.370. The summed E-state index contributed by atoms with van der Waals surface area (Å²) in [5.41, 5.74) is 0. The van der Waals surface area contributed by atoms with Crippen molar-refractivity contribution in [2.45, 2.75) is 19.5 Å². The largest absolute Gasteiger partial charge is 0.423 e. The maximum absolute atomic E-state index is 12.2. The maximum atomic E-state index is 12.2. The Hall–Kier alpha value is -0.840. The van der Waals surface area contributed by atoms with E-state index in [1.807, 2.05) is 0 Å². The zero-order valence-corrected chi connectivity index (χ0v) is 5.97. The molecule has 0 spiro atoms. The summed E-state index contributed by atoms with van der Waals surface area (Å²) in [6.07, 6.45) is -4.03. The number of hydrogen-bond donors (Lipinski definition) is 0. The van der Waals surface area contributed by atoms with Crippen LogP contribution in [0.3, 0.4) is 0 Å². The van der Waals surface area contributed by atoms with Crippen molar-refractivity contribution in [3.63, 3.8) is 0 Å². The number of rotatable bonds is 5. The summed E-state index contributed by atoms with van der Waals surface area (Å²) in [5, 5.41) is 0. The van der Waals surface area contributed by atoms with Gasteiger partial charge in [0.05, 0.1) is 6.61 Å². The fourth-order valence-electron chi connectivity index (χ4n) is 0.370. The number of hydrogen-bond acceptors (Lipinski definition) is 3. The van der Waals surface area contributed by atoms with Gasteiger partial charge in [0.25, 0.3) is 5.78 Å². The highest BCUT2D eigenvalue weighted by molar-refractivity contribution is 6.27. The molecule has 0 aromatic carbocycles. The first-order valence-electron chi connectivity index (χ1n) is 3.06. The minimum absolute atomic E-state index is 0.243. The molecule has 0 aromatic rings. The van der Waals surface area contributed by atoms with Crippen LogP contribution in [-0.4, -0.2) is 24.8 Å². The van der Waals surface area contributed by atoms with Gasteiger partial charge < -0.3 is 4.74 Å². The van der Waals surface area contributed by atoms with E-state index in [-0.39, 0.29) is 6.61 Å². The number of aldehydes is 1. The van der Waals surface area contributed by atoms with Crippen LogP contribution in [0.2, 0.25) is 0 Å². The summed E-state index contributed by atoms with van der Waals surface area (Å²) >= 11 is 0. The van der Waals surface area contributed by atoms with Gasteiger partial charge in [-0.05, 0) is 6.42 Å². The minimum atomic E-state index is -3.95. The van der Waals surface area contributed by atoms with Crippen LogP contribution in [0, 0.1) is 0 Å². The van der Waals surface area contributed by atoms with E-state index in [0.717, 1.165) is 0 Å². The van der Waals surface area contributed by atoms with Crippen LogP contribution < -0.4 is 0 Å². The summed E-state index contributed by atoms with van der Waals surface area (Å²) in [5.74, 6) is -1.84. The molecule has 0 aliphatic heterocycles. The van der Waals surface area contributed by atoms with Crippen molar-refractivity contribution in [1.29, 1.82) is 0 Å². The van der Waals surface area contributed by atoms with Crippen LogP contribution in [0.25, 0.3) is 0 Å². The fraction of sp³-hybridized carbons (Fsp3) is 0.667. The molecule has 0 aliphatic carbocycles. The van der Waals surface area contributed by atoms with Gasteiger partial charge >= 0.3 is 6.11 Å². The second-order valence-corrected chi connectivity index (χ2v) is 1.85. The lowest BCUT2D eigenvalue weighted by Crippen LogP contribution is -2.33. The van der Waals surface area contributed by atoms with E-state index in [2.05, 4.69) is 4.74 Å². The molecule has 0 aromatic heterocycles. The van der Waals surface area contributed by atoms with Gasteiger partial charge in [0, 0.05) is 0 Å². The van der Waals surface area contributed by atoms with Crippen LogP contribution in [0.4, 0.5) is 8.78 Å². The lowest BCUT2D eigenvalue weighted by atomic mass is 10.4. The molecule has 0 saturated carbocycles. The van der Waals surface area contributed by atoms with Crippen LogP contribution in [0.1, 0.15) is 13.3 Å². The summed E-state index contributed by atoms with van der Waals surface area (Å²) in [4.78, 5) is 19.7. The number of carbonyl (C=O) groups is 2. The van der Waals surface area contributed by atoms with Crippen LogP contribution in [0.15, 0.2) is 0 Å². The van der Waals surface area contributed by atoms with Gasteiger partial charge in [0.1, 0.15) is 0 Å². The summed E-state index contributed by atoms with van der Waals surface area (Å²) in [6, 6.07) is 0. The van der Waals surface area contributed by atoms with Crippen molar-refractivity contribution in [3.8, 4) is 0 Å². The molecule has 0 amide bonds. The molecule has 0 bridgehead atoms. The molecular weight excluding hydrogens is 158 g/mol. The molecule has 0 heterocycles. The van der Waals surface area contributed by atoms with E-state index in [1.165, 1.54) is 0 Å². The number of alkyl halides is 2. The van der Waals surface area contributed by atoms with Crippen LogP contribution >= 0.6 is 0 Å². The first kappa shape index (κ1) is 10.2. The third-order valence-electron chi connectivity index (χ3n) is 0.881. The van der Waals surface area contributed by atoms with Gasteiger partial charge in [-0.1, -0.05) is 6.92 Å². The molecule has 64 valence electrons. The Labute approximate surface area is 62.3 Å². The smallest absolute Gasteiger partial charge is 0.314 e. The highest BCUT2D eigenvalue weighted by Crippen LogP contribution is 2.15. The topological polar surface area (TPSA) is 43.4 Å². The Kier molecular flexibility index (Phi) is 3.81. The molecule has 0 aliphatic rings. The predicted molar refractivity (Wildman–Crippen MR) is 32.3 cm³/mol. The van der Waals surface area contributed by atoms with Gasteiger partial charge in [-0.2, -0.15) is 8.78 Å². The zero-order valence-electron chi connectivity index (χ0n) is 5.97. The molecule has 0 fully saturated rings. The molecule has 0 atom stereocenters. The van der Waals surface area contributed by atoms with Gasteiger partial charge in [0.15, 0.2) is 6.29 Å². The molecule has 0 saturated heterocycles. The molecule has 0 unspecified atom stereocenters. The standard InChI is InChI=1S/C6H8F2O3/c1-2-3-11-6(7,8)5(10)4-9/h4H,2-3H2,1H3. The van der Waals surface area contributed by atoms with Crippen molar-refractivity contribution in [1.82, 2.24) is 0 Å². The third-order valence-corrected chi connectivity index (χ3v) is 0.881. The van der Waals surface area contributed by atoms with Crippen molar-refractivity contribution in [2.24, 2.45) is 0 Å². The monoisotopic (exact) mass is 166 g/mol. The van der Waals surface area contributed by atoms with Gasteiger partial charge in [-0.3, -0.25) is 9.59 Å². The number of halogens is 2. The van der Waals surface area contributed by atoms with E-state index >= 15 is 0 Å². The molecular formula is C6H8F2O3. The lowest BCUT2D eigenvalue weighted by Gasteiger charge is -2.10. The van der Waals surface area contributed by atoms with Crippen LogP contribution in [0.5, 0.6) is 0 Å². The number of Topliss-reactive ketones (excluding diaryl/α,β-unsaturated/α-hetero) is 1. The second-order valence-electron chi connectivity index (χ2n) is 1.85. The Morgan fingerprint density at radius 1 is 1.64 bits per heavy atom. The summed E-state index contributed by atoms with van der Waals surface area (Å²) in [7, 11) is 0. The average Bonchev–Trinajstić information content (AvgIpc) is 1.99. The quantitative estimate of drug-likeness (QED) is 0.447. The SMILES string of the molecule is CCCOC(F)(F)C(=O)C=O. The Balaban J connectivity index is 3.98. The molecule has 0 N–H and O–H groups in total. The minimum Gasteiger partial charge on any atom is -0.314 e. The third kappa shape index (κ3) is 3.18. The van der Waals surface area contributed by atoms with Crippen molar-refractivity contribution in [3.05, 3.63) is 0 Å². The summed E-state index contributed by atoms with van der Waals surface area (Å²) < 4.78 is 28.2. The van der Waals surface area contributed by atoms with Crippen molar-refractivity contribution < 1.29 is 23.1 Å². The zero-order chi connectivity index (χ0) is 8.91. The number of carbonyl (C=O) groups excluding carboxylic acids is 2. The predicted octanol–water partition coefficient (Wildman–Crippen LogP) is 0.774. The Bertz CT molecular complexity index is 156. The van der Waals surface area contributed by atoms with Crippen LogP contribution in [-0.2, 0) is 14.3 Å². The second kappa shape index (κ2) is 4.12. The molecule has 11 heavy (non-hydrogen) atoms. The molecule has 5 heteroatoms. The highest BCUT2D eigenvalue weighted by Gasteiger charge is 2.39. The first-order valence-corrected chi connectivity index (χ1v) is 3.06. The van der Waals surface area contributed by atoms with E-state index in [1.54, 1.807) is 6.92 Å². The molecule has 3 nitrogen and oxygen atoms in total. The van der Waals surface area contributed by atoms with E-state index in [0.29, 0.717) is 6.42 Å². The van der Waals surface area contributed by atoms with Gasteiger partial charge in [-0.15, -0.1) is 0 Å². The Morgan fingerprint density at radius 3 is 2.55 bits per heavy atom. The maximum Gasteiger partial charge on any atom is 0.423 e. The lowest BCUT2D eigenvalue weighted by molar-refractivity contribution is -0.226. The van der Waals surface area contributed by atoms with Crippen molar-refractivity contribution >= 4 is 12.1 Å². The van der Waals surface area contributed by atoms with E-state index in [4.69, 9.17) is 0 Å². The van der Waals surface area contributed by atoms with Gasteiger partial charge in [-0.25, -0.2) is 0 Å². The van der Waals surface area contributed by atoms with E-state index < -0.39 is 18.2 Å². The van der Waals surface area contributed by atoms with E-state index in [9.17, 15) is 18.4 Å². The Morgan fingerprint density at radius 2 is 2.18 bits per heavy atom. The van der Waals surface area contributed by atoms with Gasteiger partial charge in [0.2, 0.25) is 0 Å². The highest BCUT2D eigenvalue weighted by atomic mass is 19.3. The average molecular weight is 166 g/mol. The number of ketones is 1. The first-order chi connectivity index (χ1) is 5.04. The normalized spacial score (nSPS) is 11.2.